The third kappa shape index (κ3) is 3.31. The molecular weight excluding hydrogens is 368 g/mol. The van der Waals surface area contributed by atoms with E-state index in [0.29, 0.717) is 22.5 Å². The first-order valence-electron chi connectivity index (χ1n) is 6.60. The van der Waals surface area contributed by atoms with Crippen LogP contribution in [-0.2, 0) is 6.61 Å². The fraction of sp³-hybridized carbons (Fsp3) is 0.125. The van der Waals surface area contributed by atoms with Crippen LogP contribution in [0.5, 0.6) is 5.75 Å². The quantitative estimate of drug-likeness (QED) is 0.637. The van der Waals surface area contributed by atoms with Crippen LogP contribution in [0.25, 0.3) is 11.4 Å². The van der Waals surface area contributed by atoms with Gasteiger partial charge in [0.2, 0.25) is 5.82 Å². The lowest BCUT2D eigenvalue weighted by Crippen LogP contribution is -1.96. The van der Waals surface area contributed by atoms with Gasteiger partial charge in [-0.2, -0.15) is 4.98 Å². The van der Waals surface area contributed by atoms with Crippen molar-refractivity contribution in [3.8, 4) is 17.1 Å². The van der Waals surface area contributed by atoms with E-state index < -0.39 is 0 Å². The second-order valence-corrected chi connectivity index (χ2v) is 5.98. The van der Waals surface area contributed by atoms with Crippen LogP contribution in [0.3, 0.4) is 0 Å². The molecule has 3 rings (SSSR count). The summed E-state index contributed by atoms with van der Waals surface area (Å²) >= 11 is 9.29. The van der Waals surface area contributed by atoms with Crippen LogP contribution < -0.4 is 4.74 Å². The molecule has 112 valence electrons. The number of aryl methyl sites for hydroxylation is 1. The van der Waals surface area contributed by atoms with Crippen LogP contribution in [0, 0.1) is 6.92 Å². The molecule has 0 radical (unpaired) electrons. The minimum Gasteiger partial charge on any atom is -0.483 e. The summed E-state index contributed by atoms with van der Waals surface area (Å²) in [5.41, 5.74) is 2.04. The lowest BCUT2D eigenvalue weighted by Gasteiger charge is -2.05. The average Bonchev–Trinajstić information content (AvgIpc) is 2.95. The molecule has 0 spiro atoms. The number of ether oxygens (including phenoxy) is 1. The minimum absolute atomic E-state index is 0.194. The number of aromatic nitrogens is 2. The highest BCUT2D eigenvalue weighted by molar-refractivity contribution is 9.10. The van der Waals surface area contributed by atoms with E-state index in [-0.39, 0.29) is 6.61 Å². The minimum atomic E-state index is 0.194. The van der Waals surface area contributed by atoms with Crippen LogP contribution in [0.4, 0.5) is 0 Å². The van der Waals surface area contributed by atoms with Crippen LogP contribution in [0.2, 0.25) is 5.02 Å². The fourth-order valence-corrected chi connectivity index (χ4v) is 2.78. The summed E-state index contributed by atoms with van der Waals surface area (Å²) in [6.45, 7) is 2.20. The van der Waals surface area contributed by atoms with Crippen LogP contribution >= 0.6 is 27.5 Å². The largest absolute Gasteiger partial charge is 0.483 e. The summed E-state index contributed by atoms with van der Waals surface area (Å²) in [4.78, 5) is 4.36. The van der Waals surface area contributed by atoms with Gasteiger partial charge in [-0.1, -0.05) is 41.0 Å². The van der Waals surface area contributed by atoms with Gasteiger partial charge in [-0.3, -0.25) is 0 Å². The van der Waals surface area contributed by atoms with E-state index >= 15 is 0 Å². The first kappa shape index (κ1) is 15.1. The monoisotopic (exact) mass is 378 g/mol. The Labute approximate surface area is 141 Å². The van der Waals surface area contributed by atoms with E-state index in [1.54, 1.807) is 18.2 Å². The molecule has 0 amide bonds. The second kappa shape index (κ2) is 6.50. The van der Waals surface area contributed by atoms with Gasteiger partial charge in [-0.25, -0.2) is 0 Å². The molecule has 4 nitrogen and oxygen atoms in total. The van der Waals surface area contributed by atoms with E-state index in [1.807, 2.05) is 31.2 Å². The van der Waals surface area contributed by atoms with Crippen molar-refractivity contribution in [2.45, 2.75) is 13.5 Å². The van der Waals surface area contributed by atoms with Gasteiger partial charge in [0.15, 0.2) is 6.61 Å². The predicted octanol–water partition coefficient (Wildman–Crippen LogP) is 5.04. The van der Waals surface area contributed by atoms with Crippen molar-refractivity contribution in [1.82, 2.24) is 10.1 Å². The van der Waals surface area contributed by atoms with Crippen molar-refractivity contribution in [1.29, 1.82) is 0 Å². The Morgan fingerprint density at radius 3 is 2.82 bits per heavy atom. The smallest absolute Gasteiger partial charge is 0.264 e. The van der Waals surface area contributed by atoms with E-state index in [0.717, 1.165) is 15.6 Å². The van der Waals surface area contributed by atoms with Gasteiger partial charge in [0, 0.05) is 10.6 Å². The lowest BCUT2D eigenvalue weighted by molar-refractivity contribution is 0.242. The van der Waals surface area contributed by atoms with Gasteiger partial charge in [0.1, 0.15) is 5.75 Å². The highest BCUT2D eigenvalue weighted by Gasteiger charge is 2.11. The molecule has 0 unspecified atom stereocenters. The van der Waals surface area contributed by atoms with Gasteiger partial charge in [0.05, 0.1) is 4.47 Å². The van der Waals surface area contributed by atoms with E-state index in [1.165, 1.54) is 0 Å². The Morgan fingerprint density at radius 1 is 1.23 bits per heavy atom. The van der Waals surface area contributed by atoms with E-state index in [4.69, 9.17) is 20.9 Å². The highest BCUT2D eigenvalue weighted by atomic mass is 79.9. The molecule has 1 heterocycles. The Bertz CT molecular complexity index is 804. The lowest BCUT2D eigenvalue weighted by atomic mass is 10.1. The first-order valence-corrected chi connectivity index (χ1v) is 7.77. The summed E-state index contributed by atoms with van der Waals surface area (Å²) in [7, 11) is 0. The normalized spacial score (nSPS) is 10.7. The maximum absolute atomic E-state index is 5.89. The zero-order valence-electron chi connectivity index (χ0n) is 11.7. The van der Waals surface area contributed by atoms with E-state index in [9.17, 15) is 0 Å². The molecular formula is C16H12BrClN2O2. The van der Waals surface area contributed by atoms with Crippen LogP contribution in [0.15, 0.2) is 51.5 Å². The maximum atomic E-state index is 5.89. The van der Waals surface area contributed by atoms with Crippen LogP contribution in [0.1, 0.15) is 11.5 Å². The van der Waals surface area contributed by atoms with Crippen molar-refractivity contribution in [3.63, 3.8) is 0 Å². The molecule has 3 aromatic rings. The van der Waals surface area contributed by atoms with Crippen molar-refractivity contribution in [2.24, 2.45) is 0 Å². The molecule has 0 aliphatic carbocycles. The highest BCUT2D eigenvalue weighted by Crippen LogP contribution is 2.28. The molecule has 0 saturated heterocycles. The van der Waals surface area contributed by atoms with Crippen molar-refractivity contribution in [3.05, 3.63) is 63.4 Å². The molecule has 0 N–H and O–H groups in total. The second-order valence-electron chi connectivity index (χ2n) is 4.69. The number of hydrogen-bond acceptors (Lipinski definition) is 4. The predicted molar refractivity (Wildman–Crippen MR) is 88.0 cm³/mol. The topological polar surface area (TPSA) is 48.2 Å². The number of rotatable bonds is 4. The third-order valence-corrected chi connectivity index (χ3v) is 3.95. The van der Waals surface area contributed by atoms with Crippen LogP contribution in [-0.4, -0.2) is 10.1 Å². The molecule has 0 bridgehead atoms. The average molecular weight is 380 g/mol. The molecule has 0 atom stereocenters. The summed E-state index contributed by atoms with van der Waals surface area (Å²) in [6, 6.07) is 13.2. The Morgan fingerprint density at radius 2 is 2.05 bits per heavy atom. The first-order chi connectivity index (χ1) is 10.6. The van der Waals surface area contributed by atoms with Crippen molar-refractivity contribution >= 4 is 27.5 Å². The number of benzene rings is 2. The molecule has 6 heteroatoms. The zero-order chi connectivity index (χ0) is 15.5. The Balaban J connectivity index is 1.74. The fourth-order valence-electron chi connectivity index (χ4n) is 1.98. The molecule has 0 aliphatic heterocycles. The van der Waals surface area contributed by atoms with Gasteiger partial charge in [-0.05, 0) is 46.6 Å². The van der Waals surface area contributed by atoms with Gasteiger partial charge in [-0.15, -0.1) is 0 Å². The Hall–Kier alpha value is -1.85. The number of hydrogen-bond donors (Lipinski definition) is 0. The molecule has 0 saturated carbocycles. The Kier molecular flexibility index (Phi) is 4.45. The van der Waals surface area contributed by atoms with Crippen molar-refractivity contribution in [2.75, 3.05) is 0 Å². The third-order valence-electron chi connectivity index (χ3n) is 3.10. The van der Waals surface area contributed by atoms with Crippen molar-refractivity contribution < 1.29 is 9.26 Å². The zero-order valence-corrected chi connectivity index (χ0v) is 14.1. The number of nitrogens with zero attached hydrogens (tertiary/aromatic N) is 2. The summed E-state index contributed by atoms with van der Waals surface area (Å²) in [5.74, 6) is 1.65. The van der Waals surface area contributed by atoms with Gasteiger partial charge >= 0.3 is 0 Å². The standard InChI is InChI=1S/C16H12BrClN2O2/c1-10-4-2-3-5-12(10)16-19-15(22-20-16)9-21-14-7-6-11(18)8-13(14)17/h2-8H,9H2,1H3. The SMILES string of the molecule is Cc1ccccc1-c1noc(COc2ccc(Cl)cc2Br)n1. The van der Waals surface area contributed by atoms with Gasteiger partial charge in [0.25, 0.3) is 5.89 Å². The molecule has 2 aromatic carbocycles. The summed E-state index contributed by atoms with van der Waals surface area (Å²) in [6.07, 6.45) is 0. The molecule has 1 aromatic heterocycles. The molecule has 22 heavy (non-hydrogen) atoms. The molecule has 0 fully saturated rings. The summed E-state index contributed by atoms with van der Waals surface area (Å²) in [5, 5.41) is 4.63. The van der Waals surface area contributed by atoms with E-state index in [2.05, 4.69) is 26.1 Å². The molecule has 0 aliphatic rings. The maximum Gasteiger partial charge on any atom is 0.264 e. The number of halogens is 2. The van der Waals surface area contributed by atoms with Gasteiger partial charge < -0.3 is 9.26 Å². The summed E-state index contributed by atoms with van der Waals surface area (Å²) < 4.78 is 11.7.